The third-order valence-electron chi connectivity index (χ3n) is 3.47. The number of aryl methyl sites for hydroxylation is 2. The second-order valence-electron chi connectivity index (χ2n) is 4.79. The summed E-state index contributed by atoms with van der Waals surface area (Å²) in [5.74, 6) is -1.18. The molecule has 0 bridgehead atoms. The highest BCUT2D eigenvalue weighted by Gasteiger charge is 2.18. The van der Waals surface area contributed by atoms with Gasteiger partial charge < -0.3 is 9.67 Å². The second-order valence-corrected chi connectivity index (χ2v) is 4.79. The molecular formula is C16H17NO3. The minimum atomic E-state index is -1.18. The Hall–Kier alpha value is -2.36. The van der Waals surface area contributed by atoms with Crippen molar-refractivity contribution in [3.05, 3.63) is 57.5 Å². The molecule has 0 unspecified atom stereocenters. The van der Waals surface area contributed by atoms with Crippen molar-refractivity contribution in [3.8, 4) is 11.1 Å². The molecule has 104 valence electrons. The van der Waals surface area contributed by atoms with Crippen LogP contribution < -0.4 is 5.43 Å². The predicted octanol–water partition coefficient (Wildman–Crippen LogP) is 2.85. The van der Waals surface area contributed by atoms with Gasteiger partial charge in [-0.3, -0.25) is 4.79 Å². The summed E-state index contributed by atoms with van der Waals surface area (Å²) in [6, 6.07) is 7.50. The number of benzene rings is 1. The van der Waals surface area contributed by atoms with Crippen molar-refractivity contribution in [2.75, 3.05) is 0 Å². The normalized spacial score (nSPS) is 10.6. The molecule has 0 saturated carbocycles. The van der Waals surface area contributed by atoms with Crippen LogP contribution in [0.5, 0.6) is 0 Å². The average Bonchev–Trinajstić information content (AvgIpc) is 2.40. The smallest absolute Gasteiger partial charge is 0.341 e. The number of hydrogen-bond acceptors (Lipinski definition) is 2. The summed E-state index contributed by atoms with van der Waals surface area (Å²) in [6.45, 7) is 6.16. The van der Waals surface area contributed by atoms with E-state index in [0.717, 1.165) is 11.1 Å². The molecule has 0 radical (unpaired) electrons. The van der Waals surface area contributed by atoms with Crippen molar-refractivity contribution in [1.82, 2.24) is 4.57 Å². The van der Waals surface area contributed by atoms with Gasteiger partial charge in [-0.15, -0.1) is 0 Å². The van der Waals surface area contributed by atoms with Crippen molar-refractivity contribution in [2.24, 2.45) is 0 Å². The van der Waals surface area contributed by atoms with E-state index in [-0.39, 0.29) is 5.56 Å². The van der Waals surface area contributed by atoms with Crippen molar-refractivity contribution < 1.29 is 9.90 Å². The van der Waals surface area contributed by atoms with E-state index in [2.05, 4.69) is 0 Å². The van der Waals surface area contributed by atoms with Crippen molar-refractivity contribution in [3.63, 3.8) is 0 Å². The Balaban J connectivity index is 2.77. The molecule has 20 heavy (non-hydrogen) atoms. The molecule has 0 aliphatic rings. The largest absolute Gasteiger partial charge is 0.477 e. The van der Waals surface area contributed by atoms with Gasteiger partial charge in [0.05, 0.1) is 0 Å². The number of carboxylic acid groups (broad SMARTS) is 1. The highest BCUT2D eigenvalue weighted by atomic mass is 16.4. The van der Waals surface area contributed by atoms with Crippen LogP contribution in [0.4, 0.5) is 0 Å². The van der Waals surface area contributed by atoms with Gasteiger partial charge in [-0.05, 0) is 26.3 Å². The first-order valence-corrected chi connectivity index (χ1v) is 6.50. The van der Waals surface area contributed by atoms with Crippen LogP contribution in [-0.2, 0) is 6.54 Å². The summed E-state index contributed by atoms with van der Waals surface area (Å²) < 4.78 is 1.79. The molecule has 0 spiro atoms. The summed E-state index contributed by atoms with van der Waals surface area (Å²) in [5, 5.41) is 9.27. The molecule has 0 saturated heterocycles. The standard InChI is InChI=1S/C16H17NO3/c1-4-17-9-13(12-7-5-10(2)6-8-12)15(18)14(11(17)3)16(19)20/h5-9H,4H2,1-3H3,(H,19,20). The Morgan fingerprint density at radius 1 is 1.20 bits per heavy atom. The third-order valence-corrected chi connectivity index (χ3v) is 3.47. The van der Waals surface area contributed by atoms with Crippen LogP contribution in [-0.4, -0.2) is 15.6 Å². The van der Waals surface area contributed by atoms with Crippen LogP contribution in [0.25, 0.3) is 11.1 Å². The average molecular weight is 271 g/mol. The quantitative estimate of drug-likeness (QED) is 0.933. The highest BCUT2D eigenvalue weighted by molar-refractivity contribution is 5.90. The summed E-state index contributed by atoms with van der Waals surface area (Å²) in [4.78, 5) is 23.7. The first-order valence-electron chi connectivity index (χ1n) is 6.50. The third kappa shape index (κ3) is 2.37. The molecule has 1 heterocycles. The van der Waals surface area contributed by atoms with Crippen molar-refractivity contribution >= 4 is 5.97 Å². The molecule has 1 N–H and O–H groups in total. The lowest BCUT2D eigenvalue weighted by molar-refractivity contribution is 0.0693. The van der Waals surface area contributed by atoms with Gasteiger partial charge in [-0.25, -0.2) is 4.79 Å². The maximum Gasteiger partial charge on any atom is 0.341 e. The lowest BCUT2D eigenvalue weighted by Gasteiger charge is -2.13. The van der Waals surface area contributed by atoms with Crippen LogP contribution >= 0.6 is 0 Å². The summed E-state index contributed by atoms with van der Waals surface area (Å²) in [6.07, 6.45) is 1.73. The van der Waals surface area contributed by atoms with Crippen LogP contribution in [0.2, 0.25) is 0 Å². The Morgan fingerprint density at radius 3 is 2.30 bits per heavy atom. The van der Waals surface area contributed by atoms with Crippen LogP contribution in [0.1, 0.15) is 28.5 Å². The molecule has 4 nitrogen and oxygen atoms in total. The van der Waals surface area contributed by atoms with E-state index in [0.29, 0.717) is 17.8 Å². The molecule has 0 aliphatic heterocycles. The fraction of sp³-hybridized carbons (Fsp3) is 0.250. The van der Waals surface area contributed by atoms with Gasteiger partial charge in [-0.2, -0.15) is 0 Å². The summed E-state index contributed by atoms with van der Waals surface area (Å²) >= 11 is 0. The maximum absolute atomic E-state index is 12.4. The number of carbonyl (C=O) groups is 1. The molecule has 0 fully saturated rings. The minimum Gasteiger partial charge on any atom is -0.477 e. The molecule has 0 aliphatic carbocycles. The number of nitrogens with zero attached hydrogens (tertiary/aromatic N) is 1. The van der Waals surface area contributed by atoms with E-state index in [1.54, 1.807) is 17.7 Å². The zero-order chi connectivity index (χ0) is 14.9. The fourth-order valence-corrected chi connectivity index (χ4v) is 2.27. The number of rotatable bonds is 3. The van der Waals surface area contributed by atoms with Gasteiger partial charge >= 0.3 is 5.97 Å². The Labute approximate surface area is 117 Å². The Morgan fingerprint density at radius 2 is 1.80 bits per heavy atom. The van der Waals surface area contributed by atoms with E-state index in [4.69, 9.17) is 0 Å². The summed E-state index contributed by atoms with van der Waals surface area (Å²) in [5.41, 5.74) is 2.17. The molecule has 0 atom stereocenters. The van der Waals surface area contributed by atoms with E-state index in [9.17, 15) is 14.7 Å². The zero-order valence-electron chi connectivity index (χ0n) is 11.8. The van der Waals surface area contributed by atoms with E-state index < -0.39 is 11.4 Å². The van der Waals surface area contributed by atoms with E-state index in [1.807, 2.05) is 38.1 Å². The molecule has 2 aromatic rings. The molecular weight excluding hydrogens is 254 g/mol. The van der Waals surface area contributed by atoms with Crippen molar-refractivity contribution in [1.29, 1.82) is 0 Å². The summed E-state index contributed by atoms with van der Waals surface area (Å²) in [7, 11) is 0. The number of hydrogen-bond donors (Lipinski definition) is 1. The topological polar surface area (TPSA) is 59.3 Å². The van der Waals surface area contributed by atoms with Crippen molar-refractivity contribution in [2.45, 2.75) is 27.3 Å². The minimum absolute atomic E-state index is 0.148. The van der Waals surface area contributed by atoms with E-state index >= 15 is 0 Å². The predicted molar refractivity (Wildman–Crippen MR) is 78.2 cm³/mol. The zero-order valence-corrected chi connectivity index (χ0v) is 11.8. The second kappa shape index (κ2) is 5.33. The van der Waals surface area contributed by atoms with Gasteiger partial charge in [-0.1, -0.05) is 29.8 Å². The molecule has 4 heteroatoms. The number of pyridine rings is 1. The van der Waals surface area contributed by atoms with Crippen LogP contribution in [0.3, 0.4) is 0 Å². The first-order chi connectivity index (χ1) is 9.45. The fourth-order valence-electron chi connectivity index (χ4n) is 2.27. The van der Waals surface area contributed by atoms with Gasteiger partial charge in [0.2, 0.25) is 5.43 Å². The molecule has 2 rings (SSSR count). The van der Waals surface area contributed by atoms with Gasteiger partial charge in [0.15, 0.2) is 0 Å². The Kier molecular flexibility index (Phi) is 3.74. The molecule has 0 amide bonds. The van der Waals surface area contributed by atoms with Gasteiger partial charge in [0, 0.05) is 24.0 Å². The van der Waals surface area contributed by atoms with Gasteiger partial charge in [0.25, 0.3) is 0 Å². The number of carboxylic acids is 1. The number of aromatic carboxylic acids is 1. The molecule has 1 aromatic carbocycles. The lowest BCUT2D eigenvalue weighted by atomic mass is 10.0. The van der Waals surface area contributed by atoms with Gasteiger partial charge in [0.1, 0.15) is 5.56 Å². The first kappa shape index (κ1) is 14.1. The monoisotopic (exact) mass is 271 g/mol. The SMILES string of the molecule is CCn1cc(-c2ccc(C)cc2)c(=O)c(C(=O)O)c1C. The highest BCUT2D eigenvalue weighted by Crippen LogP contribution is 2.18. The van der Waals surface area contributed by atoms with E-state index in [1.165, 1.54) is 0 Å². The maximum atomic E-state index is 12.4. The molecule has 1 aromatic heterocycles. The Bertz CT molecular complexity index is 712. The van der Waals surface area contributed by atoms with Crippen LogP contribution in [0.15, 0.2) is 35.3 Å². The van der Waals surface area contributed by atoms with Crippen LogP contribution in [0, 0.1) is 13.8 Å². The lowest BCUT2D eigenvalue weighted by Crippen LogP contribution is -2.23. The number of aromatic nitrogens is 1.